The number of hydrogen-bond donors (Lipinski definition) is 0. The van der Waals surface area contributed by atoms with E-state index >= 15 is 0 Å². The van der Waals surface area contributed by atoms with Crippen LogP contribution in [0.15, 0.2) is 46.9 Å². The summed E-state index contributed by atoms with van der Waals surface area (Å²) >= 11 is 0. The van der Waals surface area contributed by atoms with E-state index in [1.807, 2.05) is 0 Å². The topological polar surface area (TPSA) is 39.4 Å². The Hall–Kier alpha value is -2.62. The fraction of sp³-hybridized carbons (Fsp3) is 0.118. The van der Waals surface area contributed by atoms with E-state index in [1.54, 1.807) is 38.3 Å². The molecule has 3 nitrogen and oxygen atoms in total. The summed E-state index contributed by atoms with van der Waals surface area (Å²) in [5.41, 5.74) is 1.61. The second-order valence-electron chi connectivity index (χ2n) is 4.76. The SMILES string of the molecule is COc1cccc(C(=O)c2oc3ccc(F)cc3c2C)c1. The van der Waals surface area contributed by atoms with Crippen molar-refractivity contribution in [1.29, 1.82) is 0 Å². The van der Waals surface area contributed by atoms with E-state index in [4.69, 9.17) is 9.15 Å². The first-order valence-electron chi connectivity index (χ1n) is 6.47. The van der Waals surface area contributed by atoms with Crippen LogP contribution in [-0.4, -0.2) is 12.9 Å². The molecule has 0 amide bonds. The molecule has 2 aromatic carbocycles. The molecule has 1 aromatic heterocycles. The zero-order valence-corrected chi connectivity index (χ0v) is 11.6. The van der Waals surface area contributed by atoms with E-state index in [1.165, 1.54) is 18.2 Å². The molecule has 0 aliphatic rings. The van der Waals surface area contributed by atoms with Crippen LogP contribution >= 0.6 is 0 Å². The smallest absolute Gasteiger partial charge is 0.228 e. The highest BCUT2D eigenvalue weighted by Gasteiger charge is 2.19. The van der Waals surface area contributed by atoms with Crippen LogP contribution in [0.25, 0.3) is 11.0 Å². The van der Waals surface area contributed by atoms with Gasteiger partial charge in [0, 0.05) is 16.5 Å². The van der Waals surface area contributed by atoms with Crippen molar-refractivity contribution >= 4 is 16.8 Å². The van der Waals surface area contributed by atoms with Gasteiger partial charge in [0.1, 0.15) is 17.1 Å². The summed E-state index contributed by atoms with van der Waals surface area (Å²) in [5, 5.41) is 0.612. The summed E-state index contributed by atoms with van der Waals surface area (Å²) in [4.78, 5) is 12.5. The van der Waals surface area contributed by atoms with Gasteiger partial charge in [-0.3, -0.25) is 4.79 Å². The molecule has 106 valence electrons. The minimum atomic E-state index is -0.355. The number of benzene rings is 2. The van der Waals surface area contributed by atoms with Crippen LogP contribution in [0.5, 0.6) is 5.75 Å². The lowest BCUT2D eigenvalue weighted by molar-refractivity contribution is 0.101. The highest BCUT2D eigenvalue weighted by atomic mass is 19.1. The molecule has 4 heteroatoms. The van der Waals surface area contributed by atoms with Gasteiger partial charge in [0.2, 0.25) is 5.78 Å². The molecule has 0 aliphatic carbocycles. The van der Waals surface area contributed by atoms with Crippen LogP contribution in [0, 0.1) is 12.7 Å². The van der Waals surface area contributed by atoms with Gasteiger partial charge in [-0.2, -0.15) is 0 Å². The molecular weight excluding hydrogens is 271 g/mol. The zero-order valence-electron chi connectivity index (χ0n) is 11.6. The van der Waals surface area contributed by atoms with Crippen LogP contribution < -0.4 is 4.74 Å². The fourth-order valence-corrected chi connectivity index (χ4v) is 2.31. The second-order valence-corrected chi connectivity index (χ2v) is 4.76. The molecule has 3 aromatic rings. The Labute approximate surface area is 120 Å². The predicted molar refractivity (Wildman–Crippen MR) is 77.3 cm³/mol. The van der Waals surface area contributed by atoms with Crippen LogP contribution in [0.4, 0.5) is 4.39 Å². The van der Waals surface area contributed by atoms with Crippen LogP contribution in [0.2, 0.25) is 0 Å². The van der Waals surface area contributed by atoms with Gasteiger partial charge in [0.25, 0.3) is 0 Å². The molecular formula is C17H13FO3. The van der Waals surface area contributed by atoms with Crippen molar-refractivity contribution in [3.8, 4) is 5.75 Å². The Bertz CT molecular complexity index is 833. The van der Waals surface area contributed by atoms with E-state index in [-0.39, 0.29) is 17.4 Å². The minimum absolute atomic E-state index is 0.226. The van der Waals surface area contributed by atoms with Crippen LogP contribution in [0.3, 0.4) is 0 Å². The van der Waals surface area contributed by atoms with Crippen molar-refractivity contribution in [3.63, 3.8) is 0 Å². The minimum Gasteiger partial charge on any atom is -0.497 e. The second kappa shape index (κ2) is 5.05. The van der Waals surface area contributed by atoms with Gasteiger partial charge >= 0.3 is 0 Å². The molecule has 0 fully saturated rings. The monoisotopic (exact) mass is 284 g/mol. The van der Waals surface area contributed by atoms with E-state index in [0.717, 1.165) is 0 Å². The van der Waals surface area contributed by atoms with E-state index in [9.17, 15) is 9.18 Å². The lowest BCUT2D eigenvalue weighted by Gasteiger charge is -2.02. The number of carbonyl (C=O) groups excluding carboxylic acids is 1. The first kappa shape index (κ1) is 13.4. The van der Waals surface area contributed by atoms with Gasteiger partial charge in [0.05, 0.1) is 7.11 Å². The van der Waals surface area contributed by atoms with Gasteiger partial charge in [-0.05, 0) is 37.3 Å². The number of hydrogen-bond acceptors (Lipinski definition) is 3. The van der Waals surface area contributed by atoms with E-state index < -0.39 is 0 Å². The number of aryl methyl sites for hydroxylation is 1. The molecule has 0 N–H and O–H groups in total. The number of rotatable bonds is 3. The van der Waals surface area contributed by atoms with Crippen molar-refractivity contribution in [1.82, 2.24) is 0 Å². The third-order valence-electron chi connectivity index (χ3n) is 3.44. The molecule has 0 bridgehead atoms. The Morgan fingerprint density at radius 1 is 1.19 bits per heavy atom. The van der Waals surface area contributed by atoms with Gasteiger partial charge in [-0.1, -0.05) is 12.1 Å². The maximum atomic E-state index is 13.3. The van der Waals surface area contributed by atoms with Crippen molar-refractivity contribution in [2.75, 3.05) is 7.11 Å². The third-order valence-corrected chi connectivity index (χ3v) is 3.44. The molecule has 0 radical (unpaired) electrons. The largest absolute Gasteiger partial charge is 0.497 e. The van der Waals surface area contributed by atoms with Crippen molar-refractivity contribution in [2.45, 2.75) is 6.92 Å². The molecule has 21 heavy (non-hydrogen) atoms. The number of halogens is 1. The summed E-state index contributed by atoms with van der Waals surface area (Å²) < 4.78 is 24.0. The molecule has 0 spiro atoms. The number of fused-ring (bicyclic) bond motifs is 1. The molecule has 3 rings (SSSR count). The van der Waals surface area contributed by atoms with Gasteiger partial charge in [-0.25, -0.2) is 4.39 Å². The van der Waals surface area contributed by atoms with Crippen LogP contribution in [0.1, 0.15) is 21.7 Å². The lowest BCUT2D eigenvalue weighted by Crippen LogP contribution is -2.01. The summed E-state index contributed by atoms with van der Waals surface area (Å²) in [6.07, 6.45) is 0. The van der Waals surface area contributed by atoms with Gasteiger partial charge in [0.15, 0.2) is 5.76 Å². The molecule has 0 unspecified atom stereocenters. The number of ketones is 1. The summed E-state index contributed by atoms with van der Waals surface area (Å²) in [6, 6.07) is 11.1. The first-order valence-corrected chi connectivity index (χ1v) is 6.47. The molecule has 0 aliphatic heterocycles. The molecule has 0 saturated carbocycles. The van der Waals surface area contributed by atoms with Crippen molar-refractivity contribution in [3.05, 3.63) is 65.2 Å². The quantitative estimate of drug-likeness (QED) is 0.679. The van der Waals surface area contributed by atoms with E-state index in [0.29, 0.717) is 27.8 Å². The van der Waals surface area contributed by atoms with Crippen molar-refractivity contribution < 1.29 is 18.3 Å². The highest BCUT2D eigenvalue weighted by Crippen LogP contribution is 2.28. The zero-order chi connectivity index (χ0) is 15.0. The summed E-state index contributed by atoms with van der Waals surface area (Å²) in [7, 11) is 1.54. The lowest BCUT2D eigenvalue weighted by atomic mass is 10.0. The standard InChI is InChI=1S/C17H13FO3/c1-10-14-9-12(18)6-7-15(14)21-17(10)16(19)11-4-3-5-13(8-11)20-2/h3-9H,1-2H3. The Balaban J connectivity index is 2.11. The van der Waals surface area contributed by atoms with E-state index in [2.05, 4.69) is 0 Å². The summed E-state index contributed by atoms with van der Waals surface area (Å²) in [6.45, 7) is 1.75. The summed E-state index contributed by atoms with van der Waals surface area (Å²) in [5.74, 6) is 0.222. The number of methoxy groups -OCH3 is 1. The maximum Gasteiger partial charge on any atom is 0.228 e. The highest BCUT2D eigenvalue weighted by molar-refractivity contribution is 6.10. The predicted octanol–water partition coefficient (Wildman–Crippen LogP) is 4.12. The molecule has 0 saturated heterocycles. The fourth-order valence-electron chi connectivity index (χ4n) is 2.31. The van der Waals surface area contributed by atoms with Gasteiger partial charge in [-0.15, -0.1) is 0 Å². The Morgan fingerprint density at radius 3 is 2.76 bits per heavy atom. The maximum absolute atomic E-state index is 13.3. The molecule has 1 heterocycles. The average Bonchev–Trinajstić information content (AvgIpc) is 2.83. The number of ether oxygens (including phenoxy) is 1. The third kappa shape index (κ3) is 2.29. The van der Waals surface area contributed by atoms with Gasteiger partial charge < -0.3 is 9.15 Å². The number of carbonyl (C=O) groups is 1. The Kier molecular flexibility index (Phi) is 3.22. The van der Waals surface area contributed by atoms with Crippen LogP contribution in [-0.2, 0) is 0 Å². The normalized spacial score (nSPS) is 10.8. The first-order chi connectivity index (χ1) is 10.1. The Morgan fingerprint density at radius 2 is 2.00 bits per heavy atom. The number of furan rings is 1. The molecule has 0 atom stereocenters. The average molecular weight is 284 g/mol. The van der Waals surface area contributed by atoms with Crippen molar-refractivity contribution in [2.24, 2.45) is 0 Å².